The van der Waals surface area contributed by atoms with Crippen molar-refractivity contribution in [2.75, 3.05) is 5.32 Å². The third-order valence-corrected chi connectivity index (χ3v) is 4.22. The summed E-state index contributed by atoms with van der Waals surface area (Å²) < 4.78 is 1.71. The molecule has 0 aliphatic rings. The summed E-state index contributed by atoms with van der Waals surface area (Å²) in [4.78, 5) is 17.3. The highest BCUT2D eigenvalue weighted by Crippen LogP contribution is 2.22. The fourth-order valence-electron chi connectivity index (χ4n) is 2.89. The Hall–Kier alpha value is -3.47. The first-order chi connectivity index (χ1) is 12.6. The molecule has 0 spiro atoms. The van der Waals surface area contributed by atoms with Gasteiger partial charge >= 0.3 is 0 Å². The SMILES string of the molecule is Cc1ccc(NC(=O)c2cnn3c(-c4ccccc4)cc(C)nc23)cc1. The second-order valence-corrected chi connectivity index (χ2v) is 6.26. The lowest BCUT2D eigenvalue weighted by Gasteiger charge is -2.08. The van der Waals surface area contributed by atoms with E-state index in [9.17, 15) is 4.79 Å². The largest absolute Gasteiger partial charge is 0.322 e. The molecule has 5 heteroatoms. The van der Waals surface area contributed by atoms with Crippen molar-refractivity contribution >= 4 is 17.2 Å². The molecule has 0 aliphatic heterocycles. The van der Waals surface area contributed by atoms with Gasteiger partial charge in [0.1, 0.15) is 5.56 Å². The van der Waals surface area contributed by atoms with Crippen molar-refractivity contribution in [2.24, 2.45) is 0 Å². The highest BCUT2D eigenvalue weighted by molar-refractivity contribution is 6.08. The minimum atomic E-state index is -0.221. The van der Waals surface area contributed by atoms with Gasteiger partial charge in [-0.3, -0.25) is 4.79 Å². The van der Waals surface area contributed by atoms with Crippen LogP contribution in [0.5, 0.6) is 0 Å². The van der Waals surface area contributed by atoms with E-state index in [1.165, 1.54) is 0 Å². The van der Waals surface area contributed by atoms with E-state index in [4.69, 9.17) is 0 Å². The molecular formula is C21H18N4O. The summed E-state index contributed by atoms with van der Waals surface area (Å²) in [6, 6.07) is 19.6. The van der Waals surface area contributed by atoms with E-state index in [0.29, 0.717) is 11.2 Å². The van der Waals surface area contributed by atoms with Gasteiger partial charge < -0.3 is 5.32 Å². The smallest absolute Gasteiger partial charge is 0.261 e. The molecule has 0 fully saturated rings. The van der Waals surface area contributed by atoms with Crippen LogP contribution in [-0.2, 0) is 0 Å². The molecule has 0 atom stereocenters. The molecule has 0 unspecified atom stereocenters. The number of carbonyl (C=O) groups is 1. The number of fused-ring (bicyclic) bond motifs is 1. The first-order valence-corrected chi connectivity index (χ1v) is 8.40. The van der Waals surface area contributed by atoms with E-state index >= 15 is 0 Å². The summed E-state index contributed by atoms with van der Waals surface area (Å²) in [7, 11) is 0. The number of hydrogen-bond donors (Lipinski definition) is 1. The minimum absolute atomic E-state index is 0.221. The maximum absolute atomic E-state index is 12.7. The summed E-state index contributed by atoms with van der Waals surface area (Å²) in [5, 5.41) is 7.32. The number of nitrogens with zero attached hydrogens (tertiary/aromatic N) is 3. The van der Waals surface area contributed by atoms with Crippen LogP contribution in [-0.4, -0.2) is 20.5 Å². The molecule has 0 radical (unpaired) electrons. The molecular weight excluding hydrogens is 324 g/mol. The zero-order chi connectivity index (χ0) is 18.1. The maximum Gasteiger partial charge on any atom is 0.261 e. The van der Waals surface area contributed by atoms with E-state index in [2.05, 4.69) is 15.4 Å². The fraction of sp³-hybridized carbons (Fsp3) is 0.0952. The van der Waals surface area contributed by atoms with Crippen LogP contribution in [0.15, 0.2) is 66.9 Å². The molecule has 0 saturated carbocycles. The monoisotopic (exact) mass is 342 g/mol. The van der Waals surface area contributed by atoms with Crippen LogP contribution in [0.2, 0.25) is 0 Å². The predicted molar refractivity (Wildman–Crippen MR) is 102 cm³/mol. The van der Waals surface area contributed by atoms with Gasteiger partial charge in [-0.15, -0.1) is 0 Å². The topological polar surface area (TPSA) is 59.3 Å². The minimum Gasteiger partial charge on any atom is -0.322 e. The van der Waals surface area contributed by atoms with Crippen molar-refractivity contribution in [2.45, 2.75) is 13.8 Å². The van der Waals surface area contributed by atoms with Crippen LogP contribution in [0.25, 0.3) is 16.9 Å². The molecule has 26 heavy (non-hydrogen) atoms. The third kappa shape index (κ3) is 2.95. The Labute approximate surface area is 151 Å². The van der Waals surface area contributed by atoms with Crippen molar-refractivity contribution < 1.29 is 4.79 Å². The Balaban J connectivity index is 1.76. The average molecular weight is 342 g/mol. The summed E-state index contributed by atoms with van der Waals surface area (Å²) in [5.41, 5.74) is 5.65. The van der Waals surface area contributed by atoms with E-state index in [-0.39, 0.29) is 5.91 Å². The Bertz CT molecular complexity index is 1080. The normalized spacial score (nSPS) is 10.8. The summed E-state index contributed by atoms with van der Waals surface area (Å²) in [6.45, 7) is 3.93. The molecule has 0 saturated heterocycles. The standard InChI is InChI=1S/C21H18N4O/c1-14-8-10-17(11-9-14)24-21(26)18-13-22-25-19(12-15(2)23-20(18)25)16-6-4-3-5-7-16/h3-13H,1-2H3,(H,24,26). The van der Waals surface area contributed by atoms with Crippen LogP contribution in [0.3, 0.4) is 0 Å². The van der Waals surface area contributed by atoms with Crippen LogP contribution in [0.1, 0.15) is 21.6 Å². The fourth-order valence-corrected chi connectivity index (χ4v) is 2.89. The number of hydrogen-bond acceptors (Lipinski definition) is 3. The molecule has 2 heterocycles. The number of nitrogens with one attached hydrogen (secondary N) is 1. The molecule has 0 bridgehead atoms. The maximum atomic E-state index is 12.7. The van der Waals surface area contributed by atoms with E-state index < -0.39 is 0 Å². The first kappa shape index (κ1) is 16.0. The van der Waals surface area contributed by atoms with Crippen molar-refractivity contribution in [3.05, 3.63) is 83.7 Å². The number of anilines is 1. The first-order valence-electron chi connectivity index (χ1n) is 8.40. The summed E-state index contributed by atoms with van der Waals surface area (Å²) >= 11 is 0. The Kier molecular flexibility index (Phi) is 3.97. The molecule has 5 nitrogen and oxygen atoms in total. The van der Waals surface area contributed by atoms with E-state index in [1.54, 1.807) is 10.7 Å². The zero-order valence-corrected chi connectivity index (χ0v) is 14.6. The number of benzene rings is 2. The van der Waals surface area contributed by atoms with Gasteiger partial charge in [0, 0.05) is 16.9 Å². The Morgan fingerprint density at radius 1 is 1.00 bits per heavy atom. The van der Waals surface area contributed by atoms with Crippen LogP contribution < -0.4 is 5.32 Å². The highest BCUT2D eigenvalue weighted by atomic mass is 16.1. The highest BCUT2D eigenvalue weighted by Gasteiger charge is 2.17. The number of rotatable bonds is 3. The van der Waals surface area contributed by atoms with Crippen LogP contribution in [0.4, 0.5) is 5.69 Å². The summed E-state index contributed by atoms with van der Waals surface area (Å²) in [6.07, 6.45) is 1.57. The van der Waals surface area contributed by atoms with E-state index in [0.717, 1.165) is 28.2 Å². The third-order valence-electron chi connectivity index (χ3n) is 4.22. The molecule has 4 rings (SSSR count). The lowest BCUT2D eigenvalue weighted by Crippen LogP contribution is -2.12. The molecule has 128 valence electrons. The molecule has 1 N–H and O–H groups in total. The van der Waals surface area contributed by atoms with Gasteiger partial charge in [0.05, 0.1) is 11.9 Å². The molecule has 2 aromatic carbocycles. The lowest BCUT2D eigenvalue weighted by molar-refractivity contribution is 0.102. The van der Waals surface area contributed by atoms with Crippen LogP contribution >= 0.6 is 0 Å². The van der Waals surface area contributed by atoms with Gasteiger partial charge in [0.15, 0.2) is 5.65 Å². The van der Waals surface area contributed by atoms with Crippen molar-refractivity contribution in [1.82, 2.24) is 14.6 Å². The van der Waals surface area contributed by atoms with Gasteiger partial charge in [-0.05, 0) is 32.0 Å². The van der Waals surface area contributed by atoms with Gasteiger partial charge in [-0.1, -0.05) is 48.0 Å². The molecule has 4 aromatic rings. The zero-order valence-electron chi connectivity index (χ0n) is 14.6. The second-order valence-electron chi connectivity index (χ2n) is 6.26. The number of aromatic nitrogens is 3. The number of carbonyl (C=O) groups excluding carboxylic acids is 1. The van der Waals surface area contributed by atoms with E-state index in [1.807, 2.05) is 74.5 Å². The van der Waals surface area contributed by atoms with Gasteiger partial charge in [0.2, 0.25) is 0 Å². The Morgan fingerprint density at radius 3 is 2.46 bits per heavy atom. The molecule has 1 amide bonds. The lowest BCUT2D eigenvalue weighted by atomic mass is 10.1. The van der Waals surface area contributed by atoms with Gasteiger partial charge in [0.25, 0.3) is 5.91 Å². The summed E-state index contributed by atoms with van der Waals surface area (Å²) in [5.74, 6) is -0.221. The number of amides is 1. The van der Waals surface area contributed by atoms with Gasteiger partial charge in [-0.25, -0.2) is 9.50 Å². The van der Waals surface area contributed by atoms with Gasteiger partial charge in [-0.2, -0.15) is 5.10 Å². The Morgan fingerprint density at radius 2 is 1.73 bits per heavy atom. The number of aryl methyl sites for hydroxylation is 2. The molecule has 0 aliphatic carbocycles. The quantitative estimate of drug-likeness (QED) is 0.605. The van der Waals surface area contributed by atoms with Crippen molar-refractivity contribution in [3.8, 4) is 11.3 Å². The predicted octanol–water partition coefficient (Wildman–Crippen LogP) is 4.27. The van der Waals surface area contributed by atoms with Crippen molar-refractivity contribution in [1.29, 1.82) is 0 Å². The average Bonchev–Trinajstić information content (AvgIpc) is 3.07. The molecule has 2 aromatic heterocycles. The van der Waals surface area contributed by atoms with Crippen molar-refractivity contribution in [3.63, 3.8) is 0 Å². The van der Waals surface area contributed by atoms with Crippen LogP contribution in [0, 0.1) is 13.8 Å². The second kappa shape index (κ2) is 6.44.